The van der Waals surface area contributed by atoms with Crippen LogP contribution in [0.25, 0.3) is 0 Å². The van der Waals surface area contributed by atoms with E-state index in [1.54, 1.807) is 6.92 Å². The van der Waals surface area contributed by atoms with Gasteiger partial charge in [0.25, 0.3) is 0 Å². The molecular formula is C12H17NO2. The summed E-state index contributed by atoms with van der Waals surface area (Å²) in [6.45, 7) is 3.69. The van der Waals surface area contributed by atoms with Crippen molar-refractivity contribution in [2.24, 2.45) is 0 Å². The first kappa shape index (κ1) is 10.5. The van der Waals surface area contributed by atoms with Gasteiger partial charge in [-0.15, -0.1) is 0 Å². The molecule has 0 amide bonds. The van der Waals surface area contributed by atoms with Crippen molar-refractivity contribution in [2.75, 3.05) is 20.1 Å². The van der Waals surface area contributed by atoms with Crippen LogP contribution in [0.4, 0.5) is 0 Å². The molecule has 0 saturated carbocycles. The lowest BCUT2D eigenvalue weighted by Crippen LogP contribution is -2.51. The minimum atomic E-state index is -0.473. The number of aliphatic hydroxyl groups is 1. The highest BCUT2D eigenvalue weighted by Gasteiger charge is 2.25. The average Bonchev–Trinajstić information content (AvgIpc) is 2.16. The first-order valence-corrected chi connectivity index (χ1v) is 5.29. The molecule has 2 rings (SSSR count). The predicted octanol–water partition coefficient (Wildman–Crippen LogP) is 1.43. The summed E-state index contributed by atoms with van der Waals surface area (Å²) in [5, 5.41) is 9.57. The molecule has 0 aromatic heterocycles. The monoisotopic (exact) mass is 207 g/mol. The van der Waals surface area contributed by atoms with Crippen LogP contribution >= 0.6 is 0 Å². The number of nitrogens with zero attached hydrogens (tertiary/aromatic N) is 1. The van der Waals surface area contributed by atoms with Gasteiger partial charge in [0.15, 0.2) is 0 Å². The summed E-state index contributed by atoms with van der Waals surface area (Å²) in [4.78, 5) is 2.20. The first-order valence-electron chi connectivity index (χ1n) is 5.29. The van der Waals surface area contributed by atoms with Gasteiger partial charge in [0.2, 0.25) is 0 Å². The van der Waals surface area contributed by atoms with E-state index in [1.165, 1.54) is 0 Å². The highest BCUT2D eigenvalue weighted by atomic mass is 16.5. The Morgan fingerprint density at radius 3 is 2.67 bits per heavy atom. The van der Waals surface area contributed by atoms with Crippen LogP contribution in [0.15, 0.2) is 24.3 Å². The summed E-state index contributed by atoms with van der Waals surface area (Å²) in [5.41, 5.74) is 0.868. The Hall–Kier alpha value is -1.06. The van der Waals surface area contributed by atoms with E-state index in [0.717, 1.165) is 24.4 Å². The number of ether oxygens (including phenoxy) is 1. The van der Waals surface area contributed by atoms with Crippen molar-refractivity contribution in [3.63, 3.8) is 0 Å². The zero-order chi connectivity index (χ0) is 10.8. The van der Waals surface area contributed by atoms with E-state index in [0.29, 0.717) is 0 Å². The van der Waals surface area contributed by atoms with Gasteiger partial charge in [0, 0.05) is 18.7 Å². The number of aliphatic hydroxyl groups excluding tert-OH is 1. The molecule has 1 saturated heterocycles. The van der Waals surface area contributed by atoms with E-state index in [1.807, 2.05) is 24.3 Å². The van der Waals surface area contributed by atoms with Crippen molar-refractivity contribution in [3.05, 3.63) is 29.8 Å². The Morgan fingerprint density at radius 1 is 1.40 bits per heavy atom. The molecule has 0 radical (unpaired) electrons. The normalized spacial score (nSPS) is 19.7. The van der Waals surface area contributed by atoms with Gasteiger partial charge in [0.1, 0.15) is 11.9 Å². The maximum absolute atomic E-state index is 9.57. The van der Waals surface area contributed by atoms with Crippen LogP contribution < -0.4 is 4.74 Å². The van der Waals surface area contributed by atoms with Crippen LogP contribution in [0.5, 0.6) is 5.75 Å². The second kappa shape index (κ2) is 4.21. The molecule has 82 valence electrons. The predicted molar refractivity (Wildman–Crippen MR) is 59.0 cm³/mol. The van der Waals surface area contributed by atoms with Crippen LogP contribution in [-0.4, -0.2) is 36.2 Å². The lowest BCUT2D eigenvalue weighted by Gasteiger charge is -2.36. The van der Waals surface area contributed by atoms with Gasteiger partial charge in [-0.05, 0) is 20.0 Å². The Kier molecular flexibility index (Phi) is 2.93. The van der Waals surface area contributed by atoms with E-state index in [2.05, 4.69) is 11.9 Å². The molecule has 0 bridgehead atoms. The highest BCUT2D eigenvalue weighted by Crippen LogP contribution is 2.26. The van der Waals surface area contributed by atoms with Gasteiger partial charge in [-0.1, -0.05) is 18.2 Å². The maximum atomic E-state index is 9.57. The summed E-state index contributed by atoms with van der Waals surface area (Å²) in [7, 11) is 2.07. The molecule has 0 spiro atoms. The van der Waals surface area contributed by atoms with E-state index < -0.39 is 6.10 Å². The van der Waals surface area contributed by atoms with Crippen molar-refractivity contribution in [1.29, 1.82) is 0 Å². The van der Waals surface area contributed by atoms with Crippen molar-refractivity contribution < 1.29 is 9.84 Å². The van der Waals surface area contributed by atoms with Crippen LogP contribution in [0.2, 0.25) is 0 Å². The molecule has 1 heterocycles. The molecule has 1 aromatic carbocycles. The highest BCUT2D eigenvalue weighted by molar-refractivity contribution is 5.35. The summed E-state index contributed by atoms with van der Waals surface area (Å²) in [5.74, 6) is 0.811. The van der Waals surface area contributed by atoms with Crippen LogP contribution in [0, 0.1) is 0 Å². The lowest BCUT2D eigenvalue weighted by molar-refractivity contribution is 0.0363. The fraction of sp³-hybridized carbons (Fsp3) is 0.500. The first-order chi connectivity index (χ1) is 7.16. The topological polar surface area (TPSA) is 32.7 Å². The van der Waals surface area contributed by atoms with Crippen molar-refractivity contribution in [1.82, 2.24) is 4.90 Å². The van der Waals surface area contributed by atoms with E-state index in [9.17, 15) is 5.11 Å². The van der Waals surface area contributed by atoms with Crippen molar-refractivity contribution in [2.45, 2.75) is 19.1 Å². The fourth-order valence-electron chi connectivity index (χ4n) is 1.83. The largest absolute Gasteiger partial charge is 0.487 e. The fourth-order valence-corrected chi connectivity index (χ4v) is 1.83. The van der Waals surface area contributed by atoms with Gasteiger partial charge in [-0.3, -0.25) is 4.90 Å². The standard InChI is InChI=1S/C12H17NO2/c1-9(14)11-5-3-4-6-12(11)15-10-7-13(2)8-10/h3-6,9-10,14H,7-8H2,1-2H3. The minimum absolute atomic E-state index is 0.273. The molecule has 15 heavy (non-hydrogen) atoms. The third-order valence-electron chi connectivity index (χ3n) is 2.69. The summed E-state index contributed by atoms with van der Waals surface area (Å²) in [6.07, 6.45) is -0.200. The summed E-state index contributed by atoms with van der Waals surface area (Å²) >= 11 is 0. The number of likely N-dealkylation sites (tertiary alicyclic amines) is 1. The zero-order valence-electron chi connectivity index (χ0n) is 9.18. The van der Waals surface area contributed by atoms with E-state index in [-0.39, 0.29) is 6.10 Å². The molecular weight excluding hydrogens is 190 g/mol. The number of hydrogen-bond donors (Lipinski definition) is 1. The van der Waals surface area contributed by atoms with Crippen molar-refractivity contribution in [3.8, 4) is 5.75 Å². The molecule has 1 aliphatic heterocycles. The van der Waals surface area contributed by atoms with Gasteiger partial charge in [-0.25, -0.2) is 0 Å². The molecule has 1 unspecified atom stereocenters. The number of likely N-dealkylation sites (N-methyl/N-ethyl adjacent to an activating group) is 1. The third kappa shape index (κ3) is 2.30. The van der Waals surface area contributed by atoms with Gasteiger partial charge >= 0.3 is 0 Å². The number of rotatable bonds is 3. The van der Waals surface area contributed by atoms with E-state index in [4.69, 9.17) is 4.74 Å². The van der Waals surface area contributed by atoms with Gasteiger partial charge in [0.05, 0.1) is 6.10 Å². The Labute approximate surface area is 90.3 Å². The van der Waals surface area contributed by atoms with Crippen LogP contribution in [-0.2, 0) is 0 Å². The molecule has 3 heteroatoms. The quantitative estimate of drug-likeness (QED) is 0.814. The average molecular weight is 207 g/mol. The molecule has 1 aromatic rings. The van der Waals surface area contributed by atoms with Gasteiger partial charge in [-0.2, -0.15) is 0 Å². The third-order valence-corrected chi connectivity index (χ3v) is 2.69. The summed E-state index contributed by atoms with van der Waals surface area (Å²) < 4.78 is 5.81. The Bertz CT molecular complexity index is 332. The maximum Gasteiger partial charge on any atom is 0.125 e. The number of benzene rings is 1. The minimum Gasteiger partial charge on any atom is -0.487 e. The van der Waals surface area contributed by atoms with Gasteiger partial charge < -0.3 is 9.84 Å². The molecule has 1 fully saturated rings. The van der Waals surface area contributed by atoms with Crippen LogP contribution in [0.1, 0.15) is 18.6 Å². The second-order valence-electron chi connectivity index (χ2n) is 4.17. The smallest absolute Gasteiger partial charge is 0.125 e. The molecule has 3 nitrogen and oxygen atoms in total. The molecule has 1 atom stereocenters. The number of hydrogen-bond acceptors (Lipinski definition) is 3. The Balaban J connectivity index is 2.07. The second-order valence-corrected chi connectivity index (χ2v) is 4.17. The lowest BCUT2D eigenvalue weighted by atomic mass is 10.1. The van der Waals surface area contributed by atoms with E-state index >= 15 is 0 Å². The summed E-state index contributed by atoms with van der Waals surface area (Å²) in [6, 6.07) is 7.67. The Morgan fingerprint density at radius 2 is 2.07 bits per heavy atom. The van der Waals surface area contributed by atoms with Crippen molar-refractivity contribution >= 4 is 0 Å². The SMILES string of the molecule is CC(O)c1ccccc1OC1CN(C)C1. The molecule has 1 aliphatic rings. The molecule has 0 aliphatic carbocycles. The van der Waals surface area contributed by atoms with Crippen LogP contribution in [0.3, 0.4) is 0 Å². The zero-order valence-corrected chi connectivity index (χ0v) is 9.18. The number of para-hydroxylation sites is 1. The molecule has 1 N–H and O–H groups in total.